The van der Waals surface area contributed by atoms with E-state index in [2.05, 4.69) is 6.58 Å². The molecule has 0 saturated heterocycles. The van der Waals surface area contributed by atoms with Crippen molar-refractivity contribution in [3.05, 3.63) is 12.7 Å². The highest BCUT2D eigenvalue weighted by Gasteiger charge is 2.53. The fraction of sp³-hybridized carbons (Fsp3) is 0.667. The summed E-state index contributed by atoms with van der Waals surface area (Å²) in [5, 5.41) is 0. The zero-order chi connectivity index (χ0) is 9.12. The largest absolute Gasteiger partial charge is 0.363 e. The van der Waals surface area contributed by atoms with Gasteiger partial charge in [-0.2, -0.15) is 17.6 Å². The average Bonchev–Trinajstić information content (AvgIpc) is 1.81. The van der Waals surface area contributed by atoms with Crippen LogP contribution < -0.4 is 0 Å². The van der Waals surface area contributed by atoms with Crippen LogP contribution in [0.15, 0.2) is 12.7 Å². The molecule has 0 nitrogen and oxygen atoms in total. The van der Waals surface area contributed by atoms with Crippen LogP contribution in [0.3, 0.4) is 0 Å². The van der Waals surface area contributed by atoms with Gasteiger partial charge in [-0.1, -0.05) is 6.08 Å². The van der Waals surface area contributed by atoms with Crippen LogP contribution in [0.5, 0.6) is 0 Å². The Balaban J connectivity index is 4.10. The Hall–Kier alpha value is -0.0600. The summed E-state index contributed by atoms with van der Waals surface area (Å²) in [5.41, 5.74) is 0. The molecule has 0 aliphatic rings. The summed E-state index contributed by atoms with van der Waals surface area (Å²) in [6.07, 6.45) is 0.148. The van der Waals surface area contributed by atoms with Crippen LogP contribution in [0.25, 0.3) is 0 Å². The second-order valence-electron chi connectivity index (χ2n) is 2.03. The molecule has 0 aromatic heterocycles. The van der Waals surface area contributed by atoms with Crippen LogP contribution in [0.2, 0.25) is 0 Å². The molecule has 0 aromatic carbocycles. The Bertz CT molecular complexity index is 138. The lowest BCUT2D eigenvalue weighted by atomic mass is 10.2. The Morgan fingerprint density at radius 3 is 2.00 bits per heavy atom. The van der Waals surface area contributed by atoms with E-state index < -0.39 is 17.2 Å². The summed E-state index contributed by atoms with van der Waals surface area (Å²) in [4.78, 5) is -4.12. The lowest BCUT2D eigenvalue weighted by Gasteiger charge is -2.20. The van der Waals surface area contributed by atoms with E-state index in [1.165, 1.54) is 6.08 Å². The van der Waals surface area contributed by atoms with Crippen molar-refractivity contribution in [1.29, 1.82) is 0 Å². The Morgan fingerprint density at radius 1 is 1.27 bits per heavy atom. The maximum absolute atomic E-state index is 12.3. The molecule has 0 N–H and O–H groups in total. The lowest BCUT2D eigenvalue weighted by molar-refractivity contribution is -0.150. The summed E-state index contributed by atoms with van der Waals surface area (Å²) in [6, 6.07) is 0. The smallest absolute Gasteiger partial charge is 0.199 e. The van der Waals surface area contributed by atoms with Crippen LogP contribution in [-0.4, -0.2) is 10.8 Å². The van der Waals surface area contributed by atoms with E-state index in [9.17, 15) is 17.6 Å². The monoisotopic (exact) mass is 234 g/mol. The second-order valence-corrected chi connectivity index (χ2v) is 3.03. The summed E-state index contributed by atoms with van der Waals surface area (Å²) in [6.45, 7) is 3.15. The van der Waals surface area contributed by atoms with E-state index in [4.69, 9.17) is 0 Å². The number of hydrogen-bond acceptors (Lipinski definition) is 0. The predicted octanol–water partition coefficient (Wildman–Crippen LogP) is 3.58. The van der Waals surface area contributed by atoms with Crippen molar-refractivity contribution in [3.8, 4) is 0 Å². The third kappa shape index (κ3) is 3.22. The van der Waals surface area contributed by atoms with Crippen LogP contribution >= 0.6 is 15.9 Å². The topological polar surface area (TPSA) is 0 Å². The van der Waals surface area contributed by atoms with Crippen molar-refractivity contribution in [2.45, 2.75) is 23.6 Å². The fourth-order valence-corrected chi connectivity index (χ4v) is 0.623. The molecule has 11 heavy (non-hydrogen) atoms. The highest BCUT2D eigenvalue weighted by molar-refractivity contribution is 9.10. The number of allylic oxidation sites excluding steroid dienone is 1. The van der Waals surface area contributed by atoms with Crippen molar-refractivity contribution in [2.75, 3.05) is 0 Å². The highest BCUT2D eigenvalue weighted by atomic mass is 79.9. The van der Waals surface area contributed by atoms with Gasteiger partial charge in [0.2, 0.25) is 0 Å². The number of alkyl halides is 5. The van der Waals surface area contributed by atoms with Crippen molar-refractivity contribution in [2.24, 2.45) is 0 Å². The maximum Gasteiger partial charge on any atom is 0.363 e. The van der Waals surface area contributed by atoms with Gasteiger partial charge in [0, 0.05) is 6.42 Å². The molecule has 0 aromatic rings. The second kappa shape index (κ2) is 3.56. The van der Waals surface area contributed by atoms with Crippen molar-refractivity contribution in [3.63, 3.8) is 0 Å². The van der Waals surface area contributed by atoms with Gasteiger partial charge < -0.3 is 0 Å². The quantitative estimate of drug-likeness (QED) is 0.397. The number of hydrogen-bond donors (Lipinski definition) is 0. The van der Waals surface area contributed by atoms with Gasteiger partial charge in [0.05, 0.1) is 0 Å². The van der Waals surface area contributed by atoms with Gasteiger partial charge in [-0.25, -0.2) is 0 Å². The molecule has 0 fully saturated rings. The zero-order valence-corrected chi connectivity index (χ0v) is 7.17. The molecular formula is C6H7BrF4. The molecule has 0 amide bonds. The third-order valence-electron chi connectivity index (χ3n) is 1.08. The summed E-state index contributed by atoms with van der Waals surface area (Å²) >= 11 is 1.61. The molecule has 0 spiro atoms. The molecule has 5 heteroatoms. The fourth-order valence-electron chi connectivity index (χ4n) is 0.425. The van der Waals surface area contributed by atoms with Crippen LogP contribution in [0.4, 0.5) is 17.6 Å². The maximum atomic E-state index is 12.3. The predicted molar refractivity (Wildman–Crippen MR) is 38.3 cm³/mol. The van der Waals surface area contributed by atoms with Gasteiger partial charge >= 0.3 is 10.8 Å². The van der Waals surface area contributed by atoms with Crippen LogP contribution in [-0.2, 0) is 0 Å². The van der Waals surface area contributed by atoms with E-state index >= 15 is 0 Å². The third-order valence-corrected chi connectivity index (χ3v) is 1.66. The lowest BCUT2D eigenvalue weighted by Crippen LogP contribution is -2.34. The summed E-state index contributed by atoms with van der Waals surface area (Å²) in [7, 11) is 0. The molecule has 0 atom stereocenters. The molecule has 0 saturated carbocycles. The molecule has 0 aliphatic carbocycles. The van der Waals surface area contributed by atoms with E-state index in [0.717, 1.165) is 0 Å². The minimum absolute atomic E-state index is 0.131. The minimum atomic E-state index is -4.12. The first kappa shape index (κ1) is 10.9. The standard InChI is InChI=1S/C6H7BrF4/c1-2-3-4-5(8,9)6(7,10)11/h2H,1,3-4H2. The Kier molecular flexibility index (Phi) is 3.54. The van der Waals surface area contributed by atoms with E-state index in [1.54, 1.807) is 15.9 Å². The van der Waals surface area contributed by atoms with E-state index in [0.29, 0.717) is 0 Å². The molecule has 0 radical (unpaired) electrons. The average molecular weight is 235 g/mol. The summed E-state index contributed by atoms with van der Waals surface area (Å²) < 4.78 is 48.5. The van der Waals surface area contributed by atoms with Gasteiger partial charge in [-0.15, -0.1) is 6.58 Å². The molecule has 0 rings (SSSR count). The molecule has 0 heterocycles. The van der Waals surface area contributed by atoms with Crippen LogP contribution in [0.1, 0.15) is 12.8 Å². The van der Waals surface area contributed by atoms with Crippen LogP contribution in [0, 0.1) is 0 Å². The van der Waals surface area contributed by atoms with E-state index in [-0.39, 0.29) is 6.42 Å². The van der Waals surface area contributed by atoms with Gasteiger partial charge in [-0.3, -0.25) is 0 Å². The van der Waals surface area contributed by atoms with Crippen molar-refractivity contribution < 1.29 is 17.6 Å². The molecule has 66 valence electrons. The van der Waals surface area contributed by atoms with Crippen molar-refractivity contribution >= 4 is 15.9 Å². The zero-order valence-electron chi connectivity index (χ0n) is 5.59. The van der Waals surface area contributed by atoms with Gasteiger partial charge in [0.15, 0.2) is 0 Å². The molecular weight excluding hydrogens is 228 g/mol. The molecule has 0 aliphatic heterocycles. The van der Waals surface area contributed by atoms with Gasteiger partial charge in [0.1, 0.15) is 0 Å². The number of halogens is 5. The first-order chi connectivity index (χ1) is 4.81. The summed E-state index contributed by atoms with van der Waals surface area (Å²) in [5.74, 6) is -4.00. The Labute approximate surface area is 70.4 Å². The normalized spacial score (nSPS) is 13.2. The van der Waals surface area contributed by atoms with Gasteiger partial charge in [0.25, 0.3) is 0 Å². The highest BCUT2D eigenvalue weighted by Crippen LogP contribution is 2.42. The Morgan fingerprint density at radius 2 is 1.73 bits per heavy atom. The SMILES string of the molecule is C=CCCC(F)(F)C(F)(F)Br. The first-order valence-electron chi connectivity index (χ1n) is 2.86. The first-order valence-corrected chi connectivity index (χ1v) is 3.66. The van der Waals surface area contributed by atoms with Gasteiger partial charge in [-0.05, 0) is 22.4 Å². The minimum Gasteiger partial charge on any atom is -0.199 e. The molecule has 0 bridgehead atoms. The molecule has 0 unspecified atom stereocenters. The van der Waals surface area contributed by atoms with E-state index in [1.807, 2.05) is 0 Å². The number of rotatable bonds is 4. The van der Waals surface area contributed by atoms with Crippen molar-refractivity contribution in [1.82, 2.24) is 0 Å².